The fourth-order valence-corrected chi connectivity index (χ4v) is 6.05. The molecule has 0 aliphatic rings. The van der Waals surface area contributed by atoms with Crippen molar-refractivity contribution in [3.63, 3.8) is 0 Å². The Morgan fingerprint density at radius 3 is 1.66 bits per heavy atom. The fourth-order valence-electron chi connectivity index (χ4n) is 6.05. The number of rotatable bonds is 9. The summed E-state index contributed by atoms with van der Waals surface area (Å²) in [4.78, 5) is 0. The van der Waals surface area contributed by atoms with E-state index in [0.29, 0.717) is 5.82 Å². The number of nitrogens with zero attached hydrogens (tertiary/aromatic N) is 4. The standard InChI is InChI=1S/C37H34N4/c1-3-16-29-25-26-30(27-28(29)4-2)34-23-14-15-24-35(34)36-38-39-40-41(36)37(31-17-8-5-9-18-31,32-19-10-6-11-20-32)33-21-12-7-13-22-33/h5-15,17-27H,3-4,16H2,1-2H3. The van der Waals surface area contributed by atoms with Crippen LogP contribution in [0.15, 0.2) is 133 Å². The highest BCUT2D eigenvalue weighted by Gasteiger charge is 2.42. The summed E-state index contributed by atoms with van der Waals surface area (Å²) in [7, 11) is 0. The van der Waals surface area contributed by atoms with Crippen molar-refractivity contribution in [3.8, 4) is 22.5 Å². The van der Waals surface area contributed by atoms with Crippen molar-refractivity contribution in [2.24, 2.45) is 0 Å². The maximum absolute atomic E-state index is 4.76. The van der Waals surface area contributed by atoms with Gasteiger partial charge < -0.3 is 0 Å². The fraction of sp³-hybridized carbons (Fsp3) is 0.162. The first-order valence-corrected chi connectivity index (χ1v) is 14.4. The van der Waals surface area contributed by atoms with Gasteiger partial charge in [0, 0.05) is 5.56 Å². The molecular weight excluding hydrogens is 500 g/mol. The van der Waals surface area contributed by atoms with Gasteiger partial charge in [-0.15, -0.1) is 5.10 Å². The van der Waals surface area contributed by atoms with Crippen LogP contribution < -0.4 is 0 Å². The molecule has 0 bridgehead atoms. The predicted octanol–water partition coefficient (Wildman–Crippen LogP) is 8.36. The van der Waals surface area contributed by atoms with Crippen LogP contribution in [0.25, 0.3) is 22.5 Å². The zero-order valence-corrected chi connectivity index (χ0v) is 23.6. The van der Waals surface area contributed by atoms with Crippen molar-refractivity contribution in [3.05, 3.63) is 161 Å². The van der Waals surface area contributed by atoms with Crippen LogP contribution in [-0.4, -0.2) is 20.2 Å². The van der Waals surface area contributed by atoms with Gasteiger partial charge in [-0.1, -0.05) is 154 Å². The Morgan fingerprint density at radius 1 is 0.585 bits per heavy atom. The van der Waals surface area contributed by atoms with E-state index in [2.05, 4.69) is 134 Å². The molecule has 6 aromatic rings. The van der Waals surface area contributed by atoms with E-state index in [9.17, 15) is 0 Å². The Morgan fingerprint density at radius 2 is 1.12 bits per heavy atom. The average molecular weight is 535 g/mol. The van der Waals surface area contributed by atoms with Crippen molar-refractivity contribution in [1.82, 2.24) is 20.2 Å². The van der Waals surface area contributed by atoms with Crippen LogP contribution in [0.4, 0.5) is 0 Å². The van der Waals surface area contributed by atoms with Crippen molar-refractivity contribution in [2.75, 3.05) is 0 Å². The number of aryl methyl sites for hydroxylation is 2. The normalized spacial score (nSPS) is 11.5. The highest BCUT2D eigenvalue weighted by molar-refractivity contribution is 5.81. The summed E-state index contributed by atoms with van der Waals surface area (Å²) >= 11 is 0. The SMILES string of the molecule is CCCc1ccc(-c2ccccc2-c2nnnn2C(c2ccccc2)(c2ccccc2)c2ccccc2)cc1CC. The summed E-state index contributed by atoms with van der Waals surface area (Å²) in [5.74, 6) is 0.716. The largest absolute Gasteiger partial charge is 0.205 e. The predicted molar refractivity (Wildman–Crippen MR) is 167 cm³/mol. The van der Waals surface area contributed by atoms with Gasteiger partial charge >= 0.3 is 0 Å². The molecule has 1 heterocycles. The lowest BCUT2D eigenvalue weighted by molar-refractivity contribution is 0.451. The number of benzene rings is 5. The van der Waals surface area contributed by atoms with Gasteiger partial charge in [0.2, 0.25) is 0 Å². The second-order valence-corrected chi connectivity index (χ2v) is 10.4. The summed E-state index contributed by atoms with van der Waals surface area (Å²) in [6.45, 7) is 4.47. The van der Waals surface area contributed by atoms with Gasteiger partial charge in [-0.25, -0.2) is 4.68 Å². The van der Waals surface area contributed by atoms with Gasteiger partial charge in [0.1, 0.15) is 5.54 Å². The molecule has 0 saturated heterocycles. The van der Waals surface area contributed by atoms with Crippen LogP contribution in [0.1, 0.15) is 48.1 Å². The van der Waals surface area contributed by atoms with E-state index in [-0.39, 0.29) is 0 Å². The lowest BCUT2D eigenvalue weighted by Gasteiger charge is -2.36. The molecule has 0 amide bonds. The number of hydrogen-bond acceptors (Lipinski definition) is 3. The molecule has 4 heteroatoms. The summed E-state index contributed by atoms with van der Waals surface area (Å²) in [6, 6.07) is 47.0. The molecule has 1 aromatic heterocycles. The minimum absolute atomic E-state index is 0.716. The molecule has 0 aliphatic carbocycles. The summed E-state index contributed by atoms with van der Waals surface area (Å²) in [6.07, 6.45) is 3.23. The second kappa shape index (κ2) is 11.7. The van der Waals surface area contributed by atoms with Gasteiger partial charge in [-0.05, 0) is 62.2 Å². The minimum Gasteiger partial charge on any atom is -0.205 e. The molecule has 41 heavy (non-hydrogen) atoms. The number of hydrogen-bond donors (Lipinski definition) is 0. The Hall–Kier alpha value is -4.83. The Kier molecular flexibility index (Phi) is 7.55. The van der Waals surface area contributed by atoms with E-state index >= 15 is 0 Å². The van der Waals surface area contributed by atoms with Crippen LogP contribution in [0, 0.1) is 0 Å². The molecule has 0 unspecified atom stereocenters. The third-order valence-electron chi connectivity index (χ3n) is 7.95. The zero-order valence-electron chi connectivity index (χ0n) is 23.6. The Labute approximate surface area is 242 Å². The third kappa shape index (κ3) is 4.76. The van der Waals surface area contributed by atoms with Crippen molar-refractivity contribution < 1.29 is 0 Å². The zero-order chi connectivity index (χ0) is 28.1. The molecule has 0 aliphatic heterocycles. The Bertz CT molecular complexity index is 1630. The van der Waals surface area contributed by atoms with E-state index < -0.39 is 5.54 Å². The van der Waals surface area contributed by atoms with Crippen molar-refractivity contribution in [1.29, 1.82) is 0 Å². The summed E-state index contributed by atoms with van der Waals surface area (Å²) < 4.78 is 2.01. The highest BCUT2D eigenvalue weighted by atomic mass is 15.6. The van der Waals surface area contributed by atoms with Gasteiger partial charge in [-0.2, -0.15) is 0 Å². The molecule has 5 aromatic carbocycles. The summed E-state index contributed by atoms with van der Waals surface area (Å²) in [5, 5.41) is 13.8. The van der Waals surface area contributed by atoms with Gasteiger partial charge in [-0.3, -0.25) is 0 Å². The van der Waals surface area contributed by atoms with Crippen molar-refractivity contribution >= 4 is 0 Å². The molecule has 0 fully saturated rings. The molecule has 0 saturated carbocycles. The first-order chi connectivity index (χ1) is 20.3. The lowest BCUT2D eigenvalue weighted by Crippen LogP contribution is -2.39. The van der Waals surface area contributed by atoms with Crippen LogP contribution in [-0.2, 0) is 18.4 Å². The minimum atomic E-state index is -0.796. The first-order valence-electron chi connectivity index (χ1n) is 14.4. The molecule has 4 nitrogen and oxygen atoms in total. The lowest BCUT2D eigenvalue weighted by atomic mass is 9.77. The van der Waals surface area contributed by atoms with Crippen LogP contribution >= 0.6 is 0 Å². The van der Waals surface area contributed by atoms with Crippen LogP contribution in [0.2, 0.25) is 0 Å². The topological polar surface area (TPSA) is 43.6 Å². The molecular formula is C37H34N4. The third-order valence-corrected chi connectivity index (χ3v) is 7.95. The second-order valence-electron chi connectivity index (χ2n) is 10.4. The number of tetrazole rings is 1. The highest BCUT2D eigenvalue weighted by Crippen LogP contribution is 2.43. The molecule has 0 radical (unpaired) electrons. The molecule has 6 rings (SSSR count). The average Bonchev–Trinajstić information content (AvgIpc) is 3.53. The first kappa shape index (κ1) is 26.4. The van der Waals surface area contributed by atoms with Crippen LogP contribution in [0.3, 0.4) is 0 Å². The van der Waals surface area contributed by atoms with Crippen LogP contribution in [0.5, 0.6) is 0 Å². The van der Waals surface area contributed by atoms with Gasteiger partial charge in [0.25, 0.3) is 0 Å². The molecule has 202 valence electrons. The van der Waals surface area contributed by atoms with E-state index in [4.69, 9.17) is 10.3 Å². The Balaban J connectivity index is 1.63. The molecule has 0 N–H and O–H groups in total. The maximum atomic E-state index is 4.76. The van der Waals surface area contributed by atoms with E-state index in [1.165, 1.54) is 16.7 Å². The van der Waals surface area contributed by atoms with Crippen molar-refractivity contribution in [2.45, 2.75) is 38.6 Å². The molecule has 0 atom stereocenters. The molecule has 0 spiro atoms. The number of aromatic nitrogens is 4. The van der Waals surface area contributed by atoms with E-state index in [1.807, 2.05) is 22.9 Å². The summed E-state index contributed by atoms with van der Waals surface area (Å²) in [5.41, 5.74) is 8.57. The monoisotopic (exact) mass is 534 g/mol. The quantitative estimate of drug-likeness (QED) is 0.175. The maximum Gasteiger partial charge on any atom is 0.184 e. The van der Waals surface area contributed by atoms with E-state index in [0.717, 1.165) is 47.1 Å². The smallest absolute Gasteiger partial charge is 0.184 e. The van der Waals surface area contributed by atoms with Gasteiger partial charge in [0.05, 0.1) is 0 Å². The van der Waals surface area contributed by atoms with E-state index in [1.54, 1.807) is 0 Å². The van der Waals surface area contributed by atoms with Gasteiger partial charge in [0.15, 0.2) is 5.82 Å².